The molecule has 0 amide bonds. The van der Waals surface area contributed by atoms with Gasteiger partial charge < -0.3 is 0 Å². The highest BCUT2D eigenvalue weighted by molar-refractivity contribution is 9.10. The van der Waals surface area contributed by atoms with Crippen LogP contribution >= 0.6 is 15.9 Å². The van der Waals surface area contributed by atoms with Crippen molar-refractivity contribution in [3.8, 4) is 6.07 Å². The van der Waals surface area contributed by atoms with Crippen LogP contribution < -0.4 is 0 Å². The van der Waals surface area contributed by atoms with E-state index in [0.717, 1.165) is 36.2 Å². The normalized spacial score (nSPS) is 19.1. The van der Waals surface area contributed by atoms with E-state index < -0.39 is 0 Å². The number of hydrogen-bond acceptors (Lipinski definition) is 3. The minimum absolute atomic E-state index is 0.0373. The summed E-state index contributed by atoms with van der Waals surface area (Å²) in [4.78, 5) is 4.39. The van der Waals surface area contributed by atoms with Crippen molar-refractivity contribution >= 4 is 15.9 Å². The maximum absolute atomic E-state index is 13.7. The maximum Gasteiger partial charge on any atom is 0.127 e. The number of nitrogens with zero attached hydrogens (tertiary/aromatic N) is 3. The SMILES string of the molecule is CC(C#N)N1CCN(Cc2cc(Br)ccc2F)CC1. The number of benzene rings is 1. The predicted molar refractivity (Wildman–Crippen MR) is 76.0 cm³/mol. The minimum atomic E-state index is -0.156. The van der Waals surface area contributed by atoms with Crippen molar-refractivity contribution in [2.45, 2.75) is 19.5 Å². The molecule has 1 fully saturated rings. The molecule has 102 valence electrons. The van der Waals surface area contributed by atoms with Crippen molar-refractivity contribution in [1.82, 2.24) is 9.80 Å². The highest BCUT2D eigenvalue weighted by Gasteiger charge is 2.21. The van der Waals surface area contributed by atoms with Crippen LogP contribution in [-0.4, -0.2) is 42.0 Å². The van der Waals surface area contributed by atoms with Crippen LogP contribution in [0.15, 0.2) is 22.7 Å². The molecule has 1 unspecified atom stereocenters. The van der Waals surface area contributed by atoms with Crippen LogP contribution in [0.5, 0.6) is 0 Å². The fraction of sp³-hybridized carbons (Fsp3) is 0.500. The van der Waals surface area contributed by atoms with Gasteiger partial charge in [0.05, 0.1) is 12.1 Å². The molecular formula is C14H17BrFN3. The van der Waals surface area contributed by atoms with E-state index in [1.807, 2.05) is 13.0 Å². The molecule has 0 saturated carbocycles. The van der Waals surface area contributed by atoms with Crippen molar-refractivity contribution in [1.29, 1.82) is 5.26 Å². The predicted octanol–water partition coefficient (Wildman–Crippen LogP) is 2.62. The Hall–Kier alpha value is -0.960. The largest absolute Gasteiger partial charge is 0.296 e. The quantitative estimate of drug-likeness (QED) is 0.855. The lowest BCUT2D eigenvalue weighted by atomic mass is 10.1. The van der Waals surface area contributed by atoms with Crippen molar-refractivity contribution < 1.29 is 4.39 Å². The summed E-state index contributed by atoms with van der Waals surface area (Å²) in [5.41, 5.74) is 0.719. The van der Waals surface area contributed by atoms with Gasteiger partial charge in [0.15, 0.2) is 0 Å². The molecule has 0 aromatic heterocycles. The monoisotopic (exact) mass is 325 g/mol. The van der Waals surface area contributed by atoms with E-state index in [-0.39, 0.29) is 11.9 Å². The van der Waals surface area contributed by atoms with Crippen molar-refractivity contribution in [2.75, 3.05) is 26.2 Å². The molecule has 0 spiro atoms. The summed E-state index contributed by atoms with van der Waals surface area (Å²) >= 11 is 3.37. The van der Waals surface area contributed by atoms with E-state index in [2.05, 4.69) is 31.8 Å². The Morgan fingerprint density at radius 2 is 2.05 bits per heavy atom. The first kappa shape index (κ1) is 14.4. The average Bonchev–Trinajstić information content (AvgIpc) is 2.43. The minimum Gasteiger partial charge on any atom is -0.296 e. The van der Waals surface area contributed by atoms with Gasteiger partial charge in [0.1, 0.15) is 5.82 Å². The molecular weight excluding hydrogens is 309 g/mol. The molecule has 0 N–H and O–H groups in total. The molecule has 0 aliphatic carbocycles. The lowest BCUT2D eigenvalue weighted by molar-refractivity contribution is 0.113. The molecule has 1 atom stereocenters. The van der Waals surface area contributed by atoms with Gasteiger partial charge in [-0.2, -0.15) is 5.26 Å². The molecule has 0 bridgehead atoms. The molecule has 1 aromatic rings. The van der Waals surface area contributed by atoms with Crippen LogP contribution in [-0.2, 0) is 6.54 Å². The van der Waals surface area contributed by atoms with Gasteiger partial charge in [-0.1, -0.05) is 15.9 Å². The number of piperazine rings is 1. The molecule has 2 rings (SSSR count). The van der Waals surface area contributed by atoms with Crippen LogP contribution in [0, 0.1) is 17.1 Å². The molecule has 1 aliphatic heterocycles. The lowest BCUT2D eigenvalue weighted by Gasteiger charge is -2.35. The molecule has 3 nitrogen and oxygen atoms in total. The second-order valence-electron chi connectivity index (χ2n) is 4.85. The van der Waals surface area contributed by atoms with Crippen LogP contribution in [0.1, 0.15) is 12.5 Å². The summed E-state index contributed by atoms with van der Waals surface area (Å²) in [6, 6.07) is 7.26. The van der Waals surface area contributed by atoms with Gasteiger partial charge in [0.2, 0.25) is 0 Å². The third-order valence-corrected chi connectivity index (χ3v) is 4.04. The second kappa shape index (κ2) is 6.47. The van der Waals surface area contributed by atoms with Gasteiger partial charge in [-0.25, -0.2) is 4.39 Å². The van der Waals surface area contributed by atoms with Gasteiger partial charge >= 0.3 is 0 Å². The first-order chi connectivity index (χ1) is 9.10. The second-order valence-corrected chi connectivity index (χ2v) is 5.77. The molecule has 5 heteroatoms. The third kappa shape index (κ3) is 3.75. The number of hydrogen-bond donors (Lipinski definition) is 0. The fourth-order valence-corrected chi connectivity index (χ4v) is 2.70. The Labute approximate surface area is 121 Å². The van der Waals surface area contributed by atoms with Crippen molar-refractivity contribution in [3.05, 3.63) is 34.1 Å². The van der Waals surface area contributed by atoms with Gasteiger partial charge in [-0.05, 0) is 25.1 Å². The first-order valence-electron chi connectivity index (χ1n) is 6.40. The van der Waals surface area contributed by atoms with E-state index in [1.165, 1.54) is 6.07 Å². The van der Waals surface area contributed by atoms with Crippen LogP contribution in [0.4, 0.5) is 4.39 Å². The van der Waals surface area contributed by atoms with E-state index in [1.54, 1.807) is 6.07 Å². The van der Waals surface area contributed by atoms with E-state index in [9.17, 15) is 4.39 Å². The Morgan fingerprint density at radius 1 is 1.37 bits per heavy atom. The Kier molecular flexibility index (Phi) is 4.92. The summed E-state index contributed by atoms with van der Waals surface area (Å²) in [5, 5.41) is 8.89. The molecule has 0 radical (unpaired) electrons. The summed E-state index contributed by atoms with van der Waals surface area (Å²) in [5.74, 6) is -0.156. The van der Waals surface area contributed by atoms with Crippen LogP contribution in [0.2, 0.25) is 0 Å². The number of rotatable bonds is 3. The highest BCUT2D eigenvalue weighted by atomic mass is 79.9. The van der Waals surface area contributed by atoms with Crippen LogP contribution in [0.25, 0.3) is 0 Å². The van der Waals surface area contributed by atoms with Gasteiger partial charge in [-0.3, -0.25) is 9.80 Å². The fourth-order valence-electron chi connectivity index (χ4n) is 2.30. The number of halogens is 2. The topological polar surface area (TPSA) is 30.3 Å². The van der Waals surface area contributed by atoms with Crippen LogP contribution in [0.3, 0.4) is 0 Å². The first-order valence-corrected chi connectivity index (χ1v) is 7.19. The molecule has 1 saturated heterocycles. The number of nitriles is 1. The van der Waals surface area contributed by atoms with Gasteiger partial charge in [0, 0.05) is 42.8 Å². The van der Waals surface area contributed by atoms with Crippen molar-refractivity contribution in [3.63, 3.8) is 0 Å². The van der Waals surface area contributed by atoms with Gasteiger partial charge in [-0.15, -0.1) is 0 Å². The molecule has 1 aromatic carbocycles. The molecule has 1 aliphatic rings. The zero-order valence-electron chi connectivity index (χ0n) is 10.9. The van der Waals surface area contributed by atoms with E-state index in [0.29, 0.717) is 6.54 Å². The summed E-state index contributed by atoms with van der Waals surface area (Å²) < 4.78 is 14.6. The summed E-state index contributed by atoms with van der Waals surface area (Å²) in [7, 11) is 0. The Balaban J connectivity index is 1.92. The summed E-state index contributed by atoms with van der Waals surface area (Å²) in [6.07, 6.45) is 0. The molecule has 19 heavy (non-hydrogen) atoms. The average molecular weight is 326 g/mol. The summed E-state index contributed by atoms with van der Waals surface area (Å²) in [6.45, 7) is 6.02. The Morgan fingerprint density at radius 3 is 2.68 bits per heavy atom. The zero-order valence-corrected chi connectivity index (χ0v) is 12.5. The molecule has 1 heterocycles. The van der Waals surface area contributed by atoms with Crippen molar-refractivity contribution in [2.24, 2.45) is 0 Å². The third-order valence-electron chi connectivity index (χ3n) is 3.54. The van der Waals surface area contributed by atoms with E-state index >= 15 is 0 Å². The van der Waals surface area contributed by atoms with Gasteiger partial charge in [0.25, 0.3) is 0 Å². The lowest BCUT2D eigenvalue weighted by Crippen LogP contribution is -2.48. The standard InChI is InChI=1S/C14H17BrFN3/c1-11(9-17)19-6-4-18(5-7-19)10-12-8-13(15)2-3-14(12)16/h2-3,8,11H,4-7,10H2,1H3. The zero-order chi connectivity index (χ0) is 13.8. The highest BCUT2D eigenvalue weighted by Crippen LogP contribution is 2.18. The van der Waals surface area contributed by atoms with E-state index in [4.69, 9.17) is 5.26 Å². The Bertz CT molecular complexity index is 478. The smallest absolute Gasteiger partial charge is 0.127 e. The maximum atomic E-state index is 13.7.